The molecule has 1 aromatic heterocycles. The predicted octanol–water partition coefficient (Wildman–Crippen LogP) is 2.61. The van der Waals surface area contributed by atoms with Crippen LogP contribution in [0, 0.1) is 0 Å². The molecule has 6 nitrogen and oxygen atoms in total. The fourth-order valence-corrected chi connectivity index (χ4v) is 2.99. The molecular formula is C19H26N4O2. The highest BCUT2D eigenvalue weighted by molar-refractivity contribution is 5.33. The molecule has 4 rings (SSSR count). The molecule has 1 saturated carbocycles. The number of hydrogen-bond acceptors (Lipinski definition) is 5. The van der Waals surface area contributed by atoms with Gasteiger partial charge in [-0.2, -0.15) is 0 Å². The summed E-state index contributed by atoms with van der Waals surface area (Å²) < 4.78 is 13.2. The lowest BCUT2D eigenvalue weighted by atomic mass is 10.2. The maximum atomic E-state index is 5.76. The van der Waals surface area contributed by atoms with Crippen LogP contribution in [0.15, 0.2) is 30.5 Å². The molecular weight excluding hydrogens is 316 g/mol. The second kappa shape index (κ2) is 8.08. The largest absolute Gasteiger partial charge is 0.353 e. The highest BCUT2D eigenvalue weighted by Crippen LogP contribution is 2.19. The van der Waals surface area contributed by atoms with Crippen LogP contribution < -0.4 is 5.32 Å². The van der Waals surface area contributed by atoms with Crippen molar-refractivity contribution < 1.29 is 9.47 Å². The fraction of sp³-hybridized carbons (Fsp3) is 0.579. The van der Waals surface area contributed by atoms with Crippen molar-refractivity contribution in [1.29, 1.82) is 0 Å². The van der Waals surface area contributed by atoms with Gasteiger partial charge in [0.25, 0.3) is 0 Å². The number of nitrogens with one attached hydrogen (secondary N) is 1. The van der Waals surface area contributed by atoms with E-state index in [4.69, 9.17) is 9.47 Å². The third-order valence-corrected chi connectivity index (χ3v) is 4.71. The van der Waals surface area contributed by atoms with Crippen LogP contribution in [-0.4, -0.2) is 40.5 Å². The van der Waals surface area contributed by atoms with Crippen LogP contribution in [-0.2, 0) is 22.4 Å². The molecule has 1 atom stereocenters. The van der Waals surface area contributed by atoms with E-state index in [9.17, 15) is 0 Å². The molecule has 0 amide bonds. The van der Waals surface area contributed by atoms with Gasteiger partial charge in [-0.3, -0.25) is 0 Å². The zero-order valence-corrected chi connectivity index (χ0v) is 14.6. The molecule has 134 valence electrons. The monoisotopic (exact) mass is 342 g/mol. The molecule has 2 aliphatic rings. The predicted molar refractivity (Wildman–Crippen MR) is 94.5 cm³/mol. The van der Waals surface area contributed by atoms with Gasteiger partial charge in [-0.05, 0) is 49.8 Å². The summed E-state index contributed by atoms with van der Waals surface area (Å²) >= 11 is 0. The Hall–Kier alpha value is -1.76. The van der Waals surface area contributed by atoms with E-state index in [1.54, 1.807) is 0 Å². The van der Waals surface area contributed by atoms with Crippen molar-refractivity contribution in [2.75, 3.05) is 13.2 Å². The van der Waals surface area contributed by atoms with Crippen molar-refractivity contribution in [3.8, 4) is 5.69 Å². The molecule has 1 aromatic carbocycles. The normalized spacial score (nSPS) is 20.7. The van der Waals surface area contributed by atoms with Crippen molar-refractivity contribution in [2.45, 2.75) is 57.4 Å². The van der Waals surface area contributed by atoms with Crippen molar-refractivity contribution in [2.24, 2.45) is 0 Å². The highest BCUT2D eigenvalue weighted by atomic mass is 16.7. The first-order valence-electron chi connectivity index (χ1n) is 9.34. The van der Waals surface area contributed by atoms with Gasteiger partial charge in [0, 0.05) is 25.6 Å². The number of nitrogens with zero attached hydrogens (tertiary/aromatic N) is 3. The molecule has 2 heterocycles. The van der Waals surface area contributed by atoms with Crippen LogP contribution in [0.25, 0.3) is 5.69 Å². The minimum atomic E-state index is -0.0411. The Morgan fingerprint density at radius 1 is 1.16 bits per heavy atom. The van der Waals surface area contributed by atoms with Crippen molar-refractivity contribution in [1.82, 2.24) is 20.3 Å². The number of rotatable bonds is 8. The lowest BCUT2D eigenvalue weighted by Gasteiger charge is -2.22. The van der Waals surface area contributed by atoms with Crippen LogP contribution >= 0.6 is 0 Å². The van der Waals surface area contributed by atoms with Crippen LogP contribution in [0.4, 0.5) is 0 Å². The molecule has 0 bridgehead atoms. The second-order valence-electron chi connectivity index (χ2n) is 6.89. The second-order valence-corrected chi connectivity index (χ2v) is 6.89. The van der Waals surface area contributed by atoms with E-state index >= 15 is 0 Å². The van der Waals surface area contributed by atoms with Gasteiger partial charge in [0.15, 0.2) is 6.29 Å². The first-order chi connectivity index (χ1) is 12.4. The Morgan fingerprint density at radius 2 is 2.04 bits per heavy atom. The molecule has 0 spiro atoms. The summed E-state index contributed by atoms with van der Waals surface area (Å²) in [5.74, 6) is 0. The van der Waals surface area contributed by atoms with E-state index in [1.165, 1.54) is 24.8 Å². The molecule has 1 N–H and O–H groups in total. The van der Waals surface area contributed by atoms with Gasteiger partial charge >= 0.3 is 0 Å². The SMILES string of the molecule is c1cc(-n2cc(CCOC3CCCCO3)nn2)ccc1CNC1CC1. The Labute approximate surface area is 148 Å². The third-order valence-electron chi connectivity index (χ3n) is 4.71. The zero-order chi connectivity index (χ0) is 16.9. The molecule has 1 unspecified atom stereocenters. The van der Waals surface area contributed by atoms with Crippen LogP contribution in [0.3, 0.4) is 0 Å². The van der Waals surface area contributed by atoms with Crippen LogP contribution in [0.2, 0.25) is 0 Å². The maximum absolute atomic E-state index is 5.76. The van der Waals surface area contributed by atoms with Gasteiger partial charge in [0.1, 0.15) is 0 Å². The molecule has 2 aromatic rings. The molecule has 0 radical (unpaired) electrons. The maximum Gasteiger partial charge on any atom is 0.157 e. The van der Waals surface area contributed by atoms with Crippen LogP contribution in [0.5, 0.6) is 0 Å². The highest BCUT2D eigenvalue weighted by Gasteiger charge is 2.19. The summed E-state index contributed by atoms with van der Waals surface area (Å²) in [6, 6.07) is 9.22. The van der Waals surface area contributed by atoms with E-state index in [-0.39, 0.29) is 6.29 Å². The van der Waals surface area contributed by atoms with Gasteiger partial charge in [0.05, 0.1) is 24.2 Å². The lowest BCUT2D eigenvalue weighted by molar-refractivity contribution is -0.161. The van der Waals surface area contributed by atoms with Gasteiger partial charge in [-0.1, -0.05) is 17.3 Å². The standard InChI is InChI=1S/C19H26N4O2/c1-2-11-24-19(3-1)25-12-10-17-14-23(22-21-17)18-8-4-15(5-9-18)13-20-16-6-7-16/h4-5,8-9,14,16,19-20H,1-3,6-7,10-13H2. The molecule has 2 fully saturated rings. The minimum absolute atomic E-state index is 0.0411. The smallest absolute Gasteiger partial charge is 0.157 e. The van der Waals surface area contributed by atoms with Gasteiger partial charge in [0.2, 0.25) is 0 Å². The Balaban J connectivity index is 1.26. The van der Waals surface area contributed by atoms with Gasteiger partial charge in [-0.15, -0.1) is 5.10 Å². The summed E-state index contributed by atoms with van der Waals surface area (Å²) in [5.41, 5.74) is 3.28. The van der Waals surface area contributed by atoms with Crippen molar-refractivity contribution in [3.63, 3.8) is 0 Å². The average molecular weight is 342 g/mol. The lowest BCUT2D eigenvalue weighted by Crippen LogP contribution is -2.23. The summed E-state index contributed by atoms with van der Waals surface area (Å²) in [4.78, 5) is 0. The number of hydrogen-bond donors (Lipinski definition) is 1. The number of aromatic nitrogens is 3. The van der Waals surface area contributed by atoms with E-state index in [0.717, 1.165) is 49.8 Å². The number of ether oxygens (including phenoxy) is 2. The molecule has 25 heavy (non-hydrogen) atoms. The van der Waals surface area contributed by atoms with E-state index in [2.05, 4.69) is 39.9 Å². The Kier molecular flexibility index (Phi) is 5.40. The zero-order valence-electron chi connectivity index (χ0n) is 14.6. The minimum Gasteiger partial charge on any atom is -0.353 e. The Bertz CT molecular complexity index is 660. The summed E-state index contributed by atoms with van der Waals surface area (Å²) in [6.45, 7) is 2.37. The number of benzene rings is 1. The summed E-state index contributed by atoms with van der Waals surface area (Å²) in [7, 11) is 0. The molecule has 1 aliphatic carbocycles. The van der Waals surface area contributed by atoms with E-state index in [1.807, 2.05) is 10.9 Å². The molecule has 6 heteroatoms. The fourth-order valence-electron chi connectivity index (χ4n) is 2.99. The summed E-state index contributed by atoms with van der Waals surface area (Å²) in [5, 5.41) is 12.0. The molecule has 1 aliphatic heterocycles. The average Bonchev–Trinajstić information content (AvgIpc) is 3.38. The third kappa shape index (κ3) is 4.87. The Morgan fingerprint density at radius 3 is 2.80 bits per heavy atom. The van der Waals surface area contributed by atoms with E-state index in [0.29, 0.717) is 6.61 Å². The quantitative estimate of drug-likeness (QED) is 0.799. The van der Waals surface area contributed by atoms with Gasteiger partial charge in [-0.25, -0.2) is 4.68 Å². The van der Waals surface area contributed by atoms with E-state index < -0.39 is 0 Å². The topological polar surface area (TPSA) is 61.2 Å². The van der Waals surface area contributed by atoms with Crippen LogP contribution in [0.1, 0.15) is 43.4 Å². The molecule has 1 saturated heterocycles. The van der Waals surface area contributed by atoms with Gasteiger partial charge < -0.3 is 14.8 Å². The van der Waals surface area contributed by atoms with Crippen molar-refractivity contribution >= 4 is 0 Å². The van der Waals surface area contributed by atoms with Crippen molar-refractivity contribution in [3.05, 3.63) is 41.7 Å². The first kappa shape index (κ1) is 16.7. The summed E-state index contributed by atoms with van der Waals surface area (Å²) in [6.07, 6.45) is 8.64. The first-order valence-corrected chi connectivity index (χ1v) is 9.34.